The van der Waals surface area contributed by atoms with Gasteiger partial charge in [0, 0.05) is 38.3 Å². The van der Waals surface area contributed by atoms with Crippen molar-refractivity contribution in [1.82, 2.24) is 15.1 Å². The van der Waals surface area contributed by atoms with Gasteiger partial charge in [0.05, 0.1) is 4.88 Å². The van der Waals surface area contributed by atoms with Crippen LogP contribution in [-0.4, -0.2) is 59.4 Å². The smallest absolute Gasteiger partial charge is 0.264 e. The first kappa shape index (κ1) is 21.0. The van der Waals surface area contributed by atoms with E-state index in [0.717, 1.165) is 6.54 Å². The van der Waals surface area contributed by atoms with Crippen molar-refractivity contribution in [2.24, 2.45) is 5.73 Å². The van der Waals surface area contributed by atoms with Crippen LogP contribution in [0.3, 0.4) is 0 Å². The second-order valence-corrected chi connectivity index (χ2v) is 9.26. The van der Waals surface area contributed by atoms with Crippen LogP contribution in [-0.2, 0) is 11.3 Å². The molecule has 1 aromatic heterocycles. The Balaban J connectivity index is 1.54. The van der Waals surface area contributed by atoms with Gasteiger partial charge in [-0.2, -0.15) is 0 Å². The molecule has 6 nitrogen and oxygen atoms in total. The van der Waals surface area contributed by atoms with Crippen molar-refractivity contribution >= 4 is 23.2 Å². The molecule has 2 atom stereocenters. The highest BCUT2D eigenvalue weighted by atomic mass is 32.1. The predicted octanol–water partition coefficient (Wildman–Crippen LogP) is 2.38. The number of aryl methyl sites for hydroxylation is 1. The Bertz CT molecular complexity index is 864. The van der Waals surface area contributed by atoms with E-state index >= 15 is 0 Å². The molecule has 2 amide bonds. The van der Waals surface area contributed by atoms with Gasteiger partial charge in [0.2, 0.25) is 5.91 Å². The molecule has 2 unspecified atom stereocenters. The zero-order valence-electron chi connectivity index (χ0n) is 17.4. The third-order valence-electron chi connectivity index (χ3n) is 5.99. The molecule has 0 bridgehead atoms. The summed E-state index contributed by atoms with van der Waals surface area (Å²) in [7, 11) is 0. The van der Waals surface area contributed by atoms with E-state index in [9.17, 15) is 9.59 Å². The molecule has 0 spiro atoms. The van der Waals surface area contributed by atoms with E-state index in [1.807, 2.05) is 17.5 Å². The van der Waals surface area contributed by atoms with Gasteiger partial charge in [-0.05, 0) is 43.2 Å². The van der Waals surface area contributed by atoms with Crippen LogP contribution in [0.15, 0.2) is 41.8 Å². The van der Waals surface area contributed by atoms with Crippen LogP contribution < -0.4 is 11.1 Å². The van der Waals surface area contributed by atoms with Crippen molar-refractivity contribution in [3.05, 3.63) is 57.8 Å². The van der Waals surface area contributed by atoms with Crippen molar-refractivity contribution in [1.29, 1.82) is 0 Å². The van der Waals surface area contributed by atoms with Crippen molar-refractivity contribution in [2.45, 2.75) is 50.9 Å². The van der Waals surface area contributed by atoms with Gasteiger partial charge < -0.3 is 16.0 Å². The van der Waals surface area contributed by atoms with Crippen molar-refractivity contribution < 1.29 is 9.59 Å². The molecule has 1 aliphatic heterocycles. The lowest BCUT2D eigenvalue weighted by Crippen LogP contribution is -2.46. The highest BCUT2D eigenvalue weighted by Gasteiger charge is 2.45. The normalized spacial score (nSPS) is 21.2. The topological polar surface area (TPSA) is 78.7 Å². The Labute approximate surface area is 182 Å². The van der Waals surface area contributed by atoms with Crippen molar-refractivity contribution in [3.63, 3.8) is 0 Å². The third kappa shape index (κ3) is 4.74. The molecular weight excluding hydrogens is 396 g/mol. The Morgan fingerprint density at radius 2 is 1.97 bits per heavy atom. The summed E-state index contributed by atoms with van der Waals surface area (Å²) in [4.78, 5) is 31.0. The average molecular weight is 427 g/mol. The molecule has 1 aliphatic carbocycles. The minimum absolute atomic E-state index is 0.0496. The molecular formula is C23H30N4O2S. The minimum Gasteiger partial charge on any atom is -0.353 e. The fourth-order valence-corrected chi connectivity index (χ4v) is 4.93. The number of thiophene rings is 1. The number of rotatable bonds is 8. The quantitative estimate of drug-likeness (QED) is 0.679. The second kappa shape index (κ2) is 9.29. The van der Waals surface area contributed by atoms with Gasteiger partial charge in [-0.25, -0.2) is 0 Å². The molecule has 2 heterocycles. The highest BCUT2D eigenvalue weighted by molar-refractivity contribution is 7.12. The number of nitrogens with one attached hydrogen (secondary N) is 1. The number of nitrogens with zero attached hydrogens (tertiary/aromatic N) is 2. The van der Waals surface area contributed by atoms with E-state index in [1.54, 1.807) is 4.90 Å². The van der Waals surface area contributed by atoms with E-state index in [-0.39, 0.29) is 17.9 Å². The van der Waals surface area contributed by atoms with Gasteiger partial charge in [0.25, 0.3) is 5.91 Å². The Kier molecular flexibility index (Phi) is 6.51. The largest absolute Gasteiger partial charge is 0.353 e. The molecule has 1 aromatic carbocycles. The number of nitrogens with two attached hydrogens (primary N) is 1. The van der Waals surface area contributed by atoms with Crippen LogP contribution in [0.2, 0.25) is 0 Å². The summed E-state index contributed by atoms with van der Waals surface area (Å²) in [5.41, 5.74) is 8.09. The van der Waals surface area contributed by atoms with E-state index in [4.69, 9.17) is 5.73 Å². The maximum Gasteiger partial charge on any atom is 0.264 e. The Morgan fingerprint density at radius 3 is 2.60 bits per heavy atom. The van der Waals surface area contributed by atoms with Crippen LogP contribution in [0.4, 0.5) is 0 Å². The molecule has 2 aliphatic rings. The third-order valence-corrected chi connectivity index (χ3v) is 6.85. The van der Waals surface area contributed by atoms with Crippen LogP contribution in [0, 0.1) is 6.92 Å². The molecule has 1 saturated carbocycles. The molecule has 2 aromatic rings. The fourth-order valence-electron chi connectivity index (χ4n) is 4.25. The molecule has 160 valence electrons. The zero-order chi connectivity index (χ0) is 21.1. The SMILES string of the molecule is Cc1ccc(CN(C2CC2)C2CC(C(=O)NCCN)N(C(=O)c3cccs3)C2)cc1. The molecule has 3 N–H and O–H groups in total. The maximum atomic E-state index is 13.2. The van der Waals surface area contributed by atoms with Crippen LogP contribution in [0.5, 0.6) is 0 Å². The summed E-state index contributed by atoms with van der Waals surface area (Å²) in [6.07, 6.45) is 3.03. The molecule has 7 heteroatoms. The Hall–Kier alpha value is -2.22. The molecule has 30 heavy (non-hydrogen) atoms. The van der Waals surface area contributed by atoms with E-state index < -0.39 is 6.04 Å². The predicted molar refractivity (Wildman–Crippen MR) is 119 cm³/mol. The van der Waals surface area contributed by atoms with Gasteiger partial charge in [-0.1, -0.05) is 35.9 Å². The number of hydrogen-bond donors (Lipinski definition) is 2. The average Bonchev–Trinajstić information content (AvgIpc) is 3.26. The maximum absolute atomic E-state index is 13.2. The lowest BCUT2D eigenvalue weighted by Gasteiger charge is -2.29. The number of amides is 2. The van der Waals surface area contributed by atoms with Gasteiger partial charge in [0.1, 0.15) is 6.04 Å². The zero-order valence-corrected chi connectivity index (χ0v) is 18.2. The van der Waals surface area contributed by atoms with Crippen LogP contribution in [0.1, 0.15) is 40.1 Å². The number of hydrogen-bond acceptors (Lipinski definition) is 5. The van der Waals surface area contributed by atoms with Gasteiger partial charge in [-0.3, -0.25) is 14.5 Å². The summed E-state index contributed by atoms with van der Waals surface area (Å²) >= 11 is 1.43. The first-order valence-corrected chi connectivity index (χ1v) is 11.6. The lowest BCUT2D eigenvalue weighted by atomic mass is 10.1. The van der Waals surface area contributed by atoms with Gasteiger partial charge >= 0.3 is 0 Å². The van der Waals surface area contributed by atoms with Gasteiger partial charge in [-0.15, -0.1) is 11.3 Å². The number of carbonyl (C=O) groups is 2. The summed E-state index contributed by atoms with van der Waals surface area (Å²) in [5, 5.41) is 4.79. The summed E-state index contributed by atoms with van der Waals surface area (Å²) < 4.78 is 0. The number of benzene rings is 1. The van der Waals surface area contributed by atoms with Crippen molar-refractivity contribution in [3.8, 4) is 0 Å². The molecule has 1 saturated heterocycles. The number of likely N-dealkylation sites (tertiary alicyclic amines) is 1. The van der Waals surface area contributed by atoms with Crippen molar-refractivity contribution in [2.75, 3.05) is 19.6 Å². The first-order valence-electron chi connectivity index (χ1n) is 10.7. The van der Waals surface area contributed by atoms with E-state index in [2.05, 4.69) is 41.4 Å². The monoisotopic (exact) mass is 426 g/mol. The van der Waals surface area contributed by atoms with Gasteiger partial charge in [0.15, 0.2) is 0 Å². The lowest BCUT2D eigenvalue weighted by molar-refractivity contribution is -0.124. The summed E-state index contributed by atoms with van der Waals surface area (Å²) in [6.45, 7) is 4.35. The van der Waals surface area contributed by atoms with E-state index in [1.165, 1.54) is 35.3 Å². The highest BCUT2D eigenvalue weighted by Crippen LogP contribution is 2.35. The minimum atomic E-state index is -0.449. The standard InChI is InChI=1S/C23H30N4O2S/c1-16-4-6-17(7-5-16)14-26(18-8-9-18)19-13-20(22(28)25-11-10-24)27(15-19)23(29)21-3-2-12-30-21/h2-7,12,18-20H,8-11,13-15,24H2,1H3,(H,25,28). The fraction of sp³-hybridized carbons (Fsp3) is 0.478. The molecule has 2 fully saturated rings. The second-order valence-electron chi connectivity index (χ2n) is 8.31. The molecule has 0 radical (unpaired) electrons. The van der Waals surface area contributed by atoms with E-state index in [0.29, 0.717) is 37.0 Å². The summed E-state index contributed by atoms with van der Waals surface area (Å²) in [5.74, 6) is -0.148. The summed E-state index contributed by atoms with van der Waals surface area (Å²) in [6, 6.07) is 12.6. The number of carbonyl (C=O) groups excluding carboxylic acids is 2. The van der Waals surface area contributed by atoms with Crippen LogP contribution in [0.25, 0.3) is 0 Å². The van der Waals surface area contributed by atoms with Crippen LogP contribution >= 0.6 is 11.3 Å². The first-order chi connectivity index (χ1) is 14.6. The molecule has 4 rings (SSSR count). The Morgan fingerprint density at radius 1 is 1.20 bits per heavy atom.